The molecule has 0 bridgehead atoms. The van der Waals surface area contributed by atoms with Crippen LogP contribution in [-0.4, -0.2) is 36.3 Å². The van der Waals surface area contributed by atoms with Gasteiger partial charge >= 0.3 is 6.61 Å². The second-order valence-corrected chi connectivity index (χ2v) is 5.79. The third kappa shape index (κ3) is 4.93. The second kappa shape index (κ2) is 7.71. The molecule has 0 amide bonds. The van der Waals surface area contributed by atoms with Crippen molar-refractivity contribution >= 4 is 0 Å². The molecule has 0 heterocycles. The molecular weight excluding hydrogens is 276 g/mol. The second-order valence-electron chi connectivity index (χ2n) is 5.79. The van der Waals surface area contributed by atoms with Crippen LogP contribution in [0.2, 0.25) is 0 Å². The minimum Gasteiger partial charge on any atom is -0.435 e. The van der Waals surface area contributed by atoms with Gasteiger partial charge in [0.1, 0.15) is 5.75 Å². The van der Waals surface area contributed by atoms with E-state index in [0.717, 1.165) is 37.8 Å². The van der Waals surface area contributed by atoms with Gasteiger partial charge in [-0.1, -0.05) is 12.1 Å². The van der Waals surface area contributed by atoms with Gasteiger partial charge in [-0.15, -0.1) is 0 Å². The van der Waals surface area contributed by atoms with E-state index < -0.39 is 6.61 Å². The third-order valence-corrected chi connectivity index (χ3v) is 4.28. The van der Waals surface area contributed by atoms with Crippen LogP contribution in [0, 0.1) is 5.92 Å². The number of rotatable bonds is 6. The van der Waals surface area contributed by atoms with Crippen LogP contribution in [0.5, 0.6) is 5.75 Å². The Morgan fingerprint density at radius 2 is 1.81 bits per heavy atom. The van der Waals surface area contributed by atoms with Gasteiger partial charge < -0.3 is 9.84 Å². The fraction of sp³-hybridized carbons (Fsp3) is 0.625. The van der Waals surface area contributed by atoms with Gasteiger partial charge in [-0.05, 0) is 56.3 Å². The number of benzene rings is 1. The molecule has 0 unspecified atom stereocenters. The maximum Gasteiger partial charge on any atom is 0.387 e. The van der Waals surface area contributed by atoms with Crippen molar-refractivity contribution in [1.29, 1.82) is 0 Å². The van der Waals surface area contributed by atoms with Crippen molar-refractivity contribution < 1.29 is 18.6 Å². The summed E-state index contributed by atoms with van der Waals surface area (Å²) < 4.78 is 28.5. The molecule has 2 rings (SSSR count). The molecule has 0 radical (unpaired) electrons. The highest BCUT2D eigenvalue weighted by Crippen LogP contribution is 2.27. The highest BCUT2D eigenvalue weighted by Gasteiger charge is 2.23. The molecule has 1 aromatic rings. The lowest BCUT2D eigenvalue weighted by Gasteiger charge is -2.34. The Morgan fingerprint density at radius 3 is 2.33 bits per heavy atom. The van der Waals surface area contributed by atoms with Crippen molar-refractivity contribution in [3.8, 4) is 5.75 Å². The smallest absolute Gasteiger partial charge is 0.387 e. The summed E-state index contributed by atoms with van der Waals surface area (Å²) in [5.74, 6) is 0.653. The fourth-order valence-electron chi connectivity index (χ4n) is 2.96. The van der Waals surface area contributed by atoms with E-state index in [1.807, 2.05) is 12.1 Å². The van der Waals surface area contributed by atoms with Crippen molar-refractivity contribution in [3.05, 3.63) is 29.8 Å². The average molecular weight is 299 g/mol. The molecule has 1 fully saturated rings. The van der Waals surface area contributed by atoms with Crippen molar-refractivity contribution in [3.63, 3.8) is 0 Å². The van der Waals surface area contributed by atoms with Gasteiger partial charge in [0.05, 0.1) is 0 Å². The minimum absolute atomic E-state index is 0.194. The Kier molecular flexibility index (Phi) is 5.94. The maximum atomic E-state index is 12.1. The number of hydrogen-bond donors (Lipinski definition) is 1. The first kappa shape index (κ1) is 16.2. The van der Waals surface area contributed by atoms with Crippen LogP contribution in [-0.2, 0) is 6.54 Å². The molecule has 118 valence electrons. The number of nitrogens with zero attached hydrogens (tertiary/aromatic N) is 1. The van der Waals surface area contributed by atoms with Crippen LogP contribution >= 0.6 is 0 Å². The Balaban J connectivity index is 1.83. The lowest BCUT2D eigenvalue weighted by atomic mass is 9.86. The number of hydrogen-bond acceptors (Lipinski definition) is 3. The van der Waals surface area contributed by atoms with Crippen LogP contribution in [0.15, 0.2) is 24.3 Å². The highest BCUT2D eigenvalue weighted by atomic mass is 19.3. The summed E-state index contributed by atoms with van der Waals surface area (Å²) in [7, 11) is 2.09. The first-order valence-corrected chi connectivity index (χ1v) is 7.43. The lowest BCUT2D eigenvalue weighted by molar-refractivity contribution is -0.0498. The minimum atomic E-state index is -2.78. The molecule has 0 aromatic heterocycles. The van der Waals surface area contributed by atoms with Gasteiger partial charge in [-0.25, -0.2) is 0 Å². The Bertz CT molecular complexity index is 417. The van der Waals surface area contributed by atoms with E-state index in [1.165, 1.54) is 0 Å². The molecule has 0 saturated heterocycles. The standard InChI is InChI=1S/C16H23F2NO2/c1-19(14-6-2-13(11-20)3-7-14)10-12-4-8-15(9-5-12)21-16(17)18/h4-5,8-9,13-14,16,20H,2-3,6-7,10-11H2,1H3. The van der Waals surface area contributed by atoms with Gasteiger partial charge in [-0.2, -0.15) is 8.78 Å². The summed E-state index contributed by atoms with van der Waals surface area (Å²) >= 11 is 0. The first-order valence-electron chi connectivity index (χ1n) is 7.43. The number of ether oxygens (including phenoxy) is 1. The van der Waals surface area contributed by atoms with E-state index in [9.17, 15) is 8.78 Å². The topological polar surface area (TPSA) is 32.7 Å². The number of aliphatic hydroxyl groups excluding tert-OH is 1. The van der Waals surface area contributed by atoms with Crippen LogP contribution in [0.1, 0.15) is 31.2 Å². The molecule has 1 saturated carbocycles. The van der Waals surface area contributed by atoms with Crippen molar-refractivity contribution in [2.45, 2.75) is 44.9 Å². The van der Waals surface area contributed by atoms with Gasteiger partial charge in [0.2, 0.25) is 0 Å². The zero-order valence-electron chi connectivity index (χ0n) is 12.3. The maximum absolute atomic E-state index is 12.1. The summed E-state index contributed by atoms with van der Waals surface area (Å²) in [5.41, 5.74) is 1.09. The molecule has 1 aromatic carbocycles. The highest BCUT2D eigenvalue weighted by molar-refractivity contribution is 5.27. The lowest BCUT2D eigenvalue weighted by Crippen LogP contribution is -2.35. The zero-order chi connectivity index (χ0) is 15.2. The molecule has 21 heavy (non-hydrogen) atoms. The molecule has 0 aliphatic heterocycles. The van der Waals surface area contributed by atoms with Gasteiger partial charge in [-0.3, -0.25) is 4.90 Å². The summed E-state index contributed by atoms with van der Waals surface area (Å²) in [6, 6.07) is 7.35. The molecule has 3 nitrogen and oxygen atoms in total. The SMILES string of the molecule is CN(Cc1ccc(OC(F)F)cc1)C1CCC(CO)CC1. The molecule has 0 atom stereocenters. The van der Waals surface area contributed by atoms with Gasteiger partial charge in [0, 0.05) is 19.2 Å². The summed E-state index contributed by atoms with van der Waals surface area (Å²) in [4.78, 5) is 2.30. The van der Waals surface area contributed by atoms with Crippen molar-refractivity contribution in [2.24, 2.45) is 5.92 Å². The van der Waals surface area contributed by atoms with E-state index in [-0.39, 0.29) is 5.75 Å². The monoisotopic (exact) mass is 299 g/mol. The van der Waals surface area contributed by atoms with E-state index in [2.05, 4.69) is 16.7 Å². The predicted molar refractivity (Wildman–Crippen MR) is 77.4 cm³/mol. The average Bonchev–Trinajstić information content (AvgIpc) is 2.49. The van der Waals surface area contributed by atoms with Crippen LogP contribution < -0.4 is 4.74 Å². The summed E-state index contributed by atoms with van der Waals surface area (Å²) in [6.07, 6.45) is 4.36. The third-order valence-electron chi connectivity index (χ3n) is 4.28. The van der Waals surface area contributed by atoms with Crippen LogP contribution in [0.25, 0.3) is 0 Å². The summed E-state index contributed by atoms with van der Waals surface area (Å²) in [5, 5.41) is 9.16. The molecule has 1 aliphatic carbocycles. The Morgan fingerprint density at radius 1 is 1.19 bits per heavy atom. The van der Waals surface area contributed by atoms with Crippen molar-refractivity contribution in [1.82, 2.24) is 4.90 Å². The van der Waals surface area contributed by atoms with E-state index >= 15 is 0 Å². The number of alkyl halides is 2. The van der Waals surface area contributed by atoms with Crippen LogP contribution in [0.4, 0.5) is 8.78 Å². The van der Waals surface area contributed by atoms with Crippen molar-refractivity contribution in [2.75, 3.05) is 13.7 Å². The zero-order valence-corrected chi connectivity index (χ0v) is 12.3. The van der Waals surface area contributed by atoms with Gasteiger partial charge in [0.15, 0.2) is 0 Å². The van der Waals surface area contributed by atoms with E-state index in [4.69, 9.17) is 5.11 Å². The first-order chi connectivity index (χ1) is 10.1. The molecular formula is C16H23F2NO2. The molecule has 0 spiro atoms. The number of aliphatic hydroxyl groups is 1. The quantitative estimate of drug-likeness (QED) is 0.875. The summed E-state index contributed by atoms with van der Waals surface area (Å²) in [6.45, 7) is -1.69. The van der Waals surface area contributed by atoms with E-state index in [1.54, 1.807) is 12.1 Å². The molecule has 5 heteroatoms. The van der Waals surface area contributed by atoms with Crippen LogP contribution in [0.3, 0.4) is 0 Å². The number of halogens is 2. The van der Waals surface area contributed by atoms with Gasteiger partial charge in [0.25, 0.3) is 0 Å². The molecule has 1 aliphatic rings. The fourth-order valence-corrected chi connectivity index (χ4v) is 2.96. The largest absolute Gasteiger partial charge is 0.435 e. The molecule has 1 N–H and O–H groups in total. The normalized spacial score (nSPS) is 22.8. The van der Waals surface area contributed by atoms with E-state index in [0.29, 0.717) is 18.6 Å². The Labute approximate surface area is 124 Å². The Hall–Kier alpha value is -1.20. The predicted octanol–water partition coefficient (Wildman–Crippen LogP) is 3.27.